The van der Waals surface area contributed by atoms with E-state index < -0.39 is 5.97 Å². The summed E-state index contributed by atoms with van der Waals surface area (Å²) < 4.78 is 5.16. The summed E-state index contributed by atoms with van der Waals surface area (Å²) in [5, 5.41) is 9.84. The number of rotatable bonds is 5. The summed E-state index contributed by atoms with van der Waals surface area (Å²) in [5.41, 5.74) is 4.16. The summed E-state index contributed by atoms with van der Waals surface area (Å²) >= 11 is 0. The quantitative estimate of drug-likeness (QED) is 0.712. The van der Waals surface area contributed by atoms with Crippen LogP contribution in [0.1, 0.15) is 32.7 Å². The van der Waals surface area contributed by atoms with E-state index in [4.69, 9.17) is 4.74 Å². The number of hydrogen-bond acceptors (Lipinski definition) is 6. The number of benzene rings is 1. The third-order valence-electron chi connectivity index (χ3n) is 4.03. The molecule has 3 rings (SSSR count). The normalized spacial score (nSPS) is 10.5. The lowest BCUT2D eigenvalue weighted by molar-refractivity contribution is 0.0727. The number of aromatic hydroxyl groups is 1. The van der Waals surface area contributed by atoms with Gasteiger partial charge in [0.05, 0.1) is 12.4 Å². The van der Waals surface area contributed by atoms with Gasteiger partial charge in [0.2, 0.25) is 0 Å². The van der Waals surface area contributed by atoms with E-state index in [9.17, 15) is 9.90 Å². The number of esters is 1. The Labute approximate surface area is 151 Å². The van der Waals surface area contributed by atoms with Crippen molar-refractivity contribution in [2.75, 3.05) is 0 Å². The van der Waals surface area contributed by atoms with Crippen molar-refractivity contribution in [1.82, 2.24) is 15.0 Å². The second-order valence-corrected chi connectivity index (χ2v) is 6.09. The maximum Gasteiger partial charge on any atom is 0.362 e. The highest BCUT2D eigenvalue weighted by atomic mass is 16.5. The molecule has 0 radical (unpaired) electrons. The van der Waals surface area contributed by atoms with Crippen molar-refractivity contribution in [3.8, 4) is 11.5 Å². The van der Waals surface area contributed by atoms with Gasteiger partial charge in [0.15, 0.2) is 5.75 Å². The van der Waals surface area contributed by atoms with Crippen molar-refractivity contribution in [2.45, 2.75) is 26.7 Å². The maximum absolute atomic E-state index is 12.0. The summed E-state index contributed by atoms with van der Waals surface area (Å²) in [4.78, 5) is 23.8. The summed E-state index contributed by atoms with van der Waals surface area (Å²) in [6, 6.07) is 7.49. The fraction of sp³-hybridized carbons (Fsp3) is 0.200. The molecule has 0 bridgehead atoms. The average Bonchev–Trinajstić information content (AvgIpc) is 2.65. The number of ether oxygens (including phenoxy) is 1. The van der Waals surface area contributed by atoms with Crippen molar-refractivity contribution < 1.29 is 14.6 Å². The van der Waals surface area contributed by atoms with Gasteiger partial charge >= 0.3 is 5.97 Å². The van der Waals surface area contributed by atoms with Crippen molar-refractivity contribution in [1.29, 1.82) is 0 Å². The lowest BCUT2D eigenvalue weighted by atomic mass is 10.0. The summed E-state index contributed by atoms with van der Waals surface area (Å²) in [7, 11) is 0. The van der Waals surface area contributed by atoms with Crippen molar-refractivity contribution in [3.63, 3.8) is 0 Å². The molecule has 0 fully saturated rings. The Kier molecular flexibility index (Phi) is 5.22. The average molecular weight is 349 g/mol. The molecule has 6 nitrogen and oxygen atoms in total. The van der Waals surface area contributed by atoms with Crippen LogP contribution in [0.5, 0.6) is 11.5 Å². The second-order valence-electron chi connectivity index (χ2n) is 6.09. The summed E-state index contributed by atoms with van der Waals surface area (Å²) in [5.74, 6) is 0.0830. The van der Waals surface area contributed by atoms with Crippen LogP contribution in [-0.2, 0) is 12.8 Å². The number of nitrogens with zero attached hydrogens (tertiary/aromatic N) is 3. The molecule has 0 spiro atoms. The van der Waals surface area contributed by atoms with E-state index >= 15 is 0 Å². The first kappa shape index (κ1) is 17.5. The van der Waals surface area contributed by atoms with Gasteiger partial charge in [-0.25, -0.2) is 19.7 Å². The molecule has 0 aliphatic heterocycles. The molecule has 2 aromatic heterocycles. The third-order valence-corrected chi connectivity index (χ3v) is 4.03. The Morgan fingerprint density at radius 2 is 1.65 bits per heavy atom. The molecule has 0 amide bonds. The second kappa shape index (κ2) is 7.74. The zero-order chi connectivity index (χ0) is 18.5. The number of carbonyl (C=O) groups excluding carboxylic acids is 1. The largest absolute Gasteiger partial charge is 0.507 e. The Bertz CT molecular complexity index is 886. The van der Waals surface area contributed by atoms with E-state index in [1.54, 1.807) is 12.3 Å². The van der Waals surface area contributed by atoms with E-state index in [1.807, 2.05) is 32.0 Å². The highest BCUT2D eigenvalue weighted by Crippen LogP contribution is 2.23. The van der Waals surface area contributed by atoms with E-state index in [2.05, 4.69) is 15.0 Å². The van der Waals surface area contributed by atoms with Crippen LogP contribution in [-0.4, -0.2) is 26.0 Å². The van der Waals surface area contributed by atoms with Gasteiger partial charge in [-0.05, 0) is 55.0 Å². The third kappa shape index (κ3) is 4.22. The first-order valence-corrected chi connectivity index (χ1v) is 8.24. The Morgan fingerprint density at radius 3 is 2.27 bits per heavy atom. The van der Waals surface area contributed by atoms with Crippen LogP contribution in [0.3, 0.4) is 0 Å². The fourth-order valence-electron chi connectivity index (χ4n) is 2.67. The zero-order valence-corrected chi connectivity index (χ0v) is 14.6. The molecule has 132 valence electrons. The van der Waals surface area contributed by atoms with Gasteiger partial charge in [-0.1, -0.05) is 18.2 Å². The van der Waals surface area contributed by atoms with E-state index in [1.165, 1.54) is 18.7 Å². The molecule has 0 aliphatic rings. The number of aryl methyl sites for hydroxylation is 4. The Hall–Kier alpha value is -3.28. The number of phenols is 1. The van der Waals surface area contributed by atoms with Crippen LogP contribution in [0.25, 0.3) is 0 Å². The minimum Gasteiger partial charge on any atom is -0.507 e. The number of hydrogen-bond donors (Lipinski definition) is 1. The number of aromatic nitrogens is 3. The molecule has 0 saturated heterocycles. The molecule has 2 heterocycles. The van der Waals surface area contributed by atoms with Gasteiger partial charge < -0.3 is 9.84 Å². The summed E-state index contributed by atoms with van der Waals surface area (Å²) in [6.45, 7) is 3.79. The number of pyridine rings is 1. The van der Waals surface area contributed by atoms with Gasteiger partial charge in [0.1, 0.15) is 17.8 Å². The molecule has 6 heteroatoms. The zero-order valence-electron chi connectivity index (χ0n) is 14.6. The van der Waals surface area contributed by atoms with E-state index in [0.29, 0.717) is 5.75 Å². The molecule has 0 aliphatic carbocycles. The molecule has 0 unspecified atom stereocenters. The van der Waals surface area contributed by atoms with Crippen LogP contribution in [0.2, 0.25) is 0 Å². The fourth-order valence-corrected chi connectivity index (χ4v) is 2.67. The smallest absolute Gasteiger partial charge is 0.362 e. The lowest BCUT2D eigenvalue weighted by Crippen LogP contribution is -2.11. The van der Waals surface area contributed by atoms with Crippen LogP contribution in [0.4, 0.5) is 0 Å². The topological polar surface area (TPSA) is 85.2 Å². The molecular formula is C20H19N3O3. The molecule has 3 aromatic rings. The highest BCUT2D eigenvalue weighted by Gasteiger charge is 2.11. The molecule has 0 saturated carbocycles. The maximum atomic E-state index is 12.0. The number of phenolic OH excluding ortho intramolecular Hbond substituents is 1. The SMILES string of the molecule is Cc1cc(CCc2ccc(C(=O)Oc3cncnc3)nc2)cc(C)c1O. The predicted octanol–water partition coefficient (Wildman–Crippen LogP) is 3.20. The van der Waals surface area contributed by atoms with Gasteiger partial charge in [0, 0.05) is 6.20 Å². The predicted molar refractivity (Wildman–Crippen MR) is 96.2 cm³/mol. The molecule has 0 atom stereocenters. The van der Waals surface area contributed by atoms with Crippen LogP contribution in [0.15, 0.2) is 49.2 Å². The van der Waals surface area contributed by atoms with Crippen molar-refractivity contribution >= 4 is 5.97 Å². The molecule has 1 aromatic carbocycles. The first-order chi connectivity index (χ1) is 12.5. The van der Waals surface area contributed by atoms with Crippen LogP contribution >= 0.6 is 0 Å². The van der Waals surface area contributed by atoms with Gasteiger partial charge in [0.25, 0.3) is 0 Å². The van der Waals surface area contributed by atoms with Crippen LogP contribution in [0, 0.1) is 13.8 Å². The van der Waals surface area contributed by atoms with Gasteiger partial charge in [-0.15, -0.1) is 0 Å². The summed E-state index contributed by atoms with van der Waals surface area (Å²) in [6.07, 6.45) is 7.49. The minimum absolute atomic E-state index is 0.230. The van der Waals surface area contributed by atoms with Gasteiger partial charge in [-0.3, -0.25) is 0 Å². The highest BCUT2D eigenvalue weighted by molar-refractivity contribution is 5.88. The monoisotopic (exact) mass is 349 g/mol. The lowest BCUT2D eigenvalue weighted by Gasteiger charge is -2.08. The van der Waals surface area contributed by atoms with E-state index in [-0.39, 0.29) is 11.4 Å². The Morgan fingerprint density at radius 1 is 1.00 bits per heavy atom. The molecular weight excluding hydrogens is 330 g/mol. The standard InChI is InChI=1S/C20H19N3O3/c1-13-7-16(8-14(2)19(13)24)4-3-15-5-6-18(23-9-15)20(25)26-17-10-21-12-22-11-17/h5-12,24H,3-4H2,1-2H3. The van der Waals surface area contributed by atoms with Crippen LogP contribution < -0.4 is 4.74 Å². The van der Waals surface area contributed by atoms with Crippen molar-refractivity contribution in [2.24, 2.45) is 0 Å². The first-order valence-electron chi connectivity index (χ1n) is 8.24. The number of carbonyl (C=O) groups is 1. The van der Waals surface area contributed by atoms with E-state index in [0.717, 1.165) is 35.1 Å². The van der Waals surface area contributed by atoms with Gasteiger partial charge in [-0.2, -0.15) is 0 Å². The molecule has 1 N–H and O–H groups in total. The van der Waals surface area contributed by atoms with Crippen molar-refractivity contribution in [3.05, 3.63) is 77.1 Å². The Balaban J connectivity index is 1.62. The molecule has 26 heavy (non-hydrogen) atoms. The minimum atomic E-state index is -0.545.